The summed E-state index contributed by atoms with van der Waals surface area (Å²) < 4.78 is 37.0. The summed E-state index contributed by atoms with van der Waals surface area (Å²) in [7, 11) is 1.50. The van der Waals surface area contributed by atoms with Crippen LogP contribution in [0.15, 0.2) is 59.0 Å². The number of carbonyl (C=O) groups excluding carboxylic acids is 2. The average Bonchev–Trinajstić information content (AvgIpc) is 3.16. The summed E-state index contributed by atoms with van der Waals surface area (Å²) >= 11 is 0. The number of ether oxygens (including phenoxy) is 1. The zero-order valence-corrected chi connectivity index (χ0v) is 14.1. The topological polar surface area (TPSA) is 80.6 Å². The standard InChI is InChI=1S/C19H14F2N2O4/c1-26-13-5-2-11(3-6-13)18(24)22-23-19(25)17-9-8-16(27-17)14-7-4-12(20)10-15(14)21/h2-10H,1H3,(H,22,24)(H,23,25). The van der Waals surface area contributed by atoms with Crippen molar-refractivity contribution in [3.05, 3.63) is 77.6 Å². The summed E-state index contributed by atoms with van der Waals surface area (Å²) in [4.78, 5) is 24.1. The molecule has 3 rings (SSSR count). The third kappa shape index (κ3) is 4.12. The Bertz CT molecular complexity index is 984. The van der Waals surface area contributed by atoms with Crippen LogP contribution >= 0.6 is 0 Å². The first-order valence-electron chi connectivity index (χ1n) is 7.78. The second-order valence-corrected chi connectivity index (χ2v) is 5.42. The highest BCUT2D eigenvalue weighted by molar-refractivity contribution is 5.98. The lowest BCUT2D eigenvalue weighted by atomic mass is 10.1. The zero-order valence-electron chi connectivity index (χ0n) is 14.1. The number of halogens is 2. The molecule has 0 aliphatic rings. The molecule has 2 N–H and O–H groups in total. The molecule has 1 heterocycles. The summed E-state index contributed by atoms with van der Waals surface area (Å²) in [6.45, 7) is 0. The first-order valence-corrected chi connectivity index (χ1v) is 7.78. The first kappa shape index (κ1) is 18.1. The Morgan fingerprint density at radius 1 is 0.926 bits per heavy atom. The number of carbonyl (C=O) groups is 2. The van der Waals surface area contributed by atoms with Crippen molar-refractivity contribution in [2.45, 2.75) is 0 Å². The highest BCUT2D eigenvalue weighted by atomic mass is 19.1. The highest BCUT2D eigenvalue weighted by Gasteiger charge is 2.16. The number of hydrazine groups is 1. The largest absolute Gasteiger partial charge is 0.497 e. The Morgan fingerprint density at radius 3 is 2.30 bits per heavy atom. The number of rotatable bonds is 4. The van der Waals surface area contributed by atoms with Crippen molar-refractivity contribution in [3.63, 3.8) is 0 Å². The normalized spacial score (nSPS) is 10.3. The predicted octanol–water partition coefficient (Wildman–Crippen LogP) is 3.31. The van der Waals surface area contributed by atoms with Gasteiger partial charge in [-0.3, -0.25) is 20.4 Å². The van der Waals surface area contributed by atoms with Gasteiger partial charge < -0.3 is 9.15 Å². The highest BCUT2D eigenvalue weighted by Crippen LogP contribution is 2.25. The molecule has 0 radical (unpaired) electrons. The van der Waals surface area contributed by atoms with E-state index < -0.39 is 23.4 Å². The van der Waals surface area contributed by atoms with Gasteiger partial charge in [0.15, 0.2) is 5.76 Å². The molecule has 0 saturated heterocycles. The molecule has 0 atom stereocenters. The third-order valence-corrected chi connectivity index (χ3v) is 3.67. The molecular formula is C19H14F2N2O4. The van der Waals surface area contributed by atoms with E-state index in [1.165, 1.54) is 37.4 Å². The van der Waals surface area contributed by atoms with Gasteiger partial charge >= 0.3 is 5.91 Å². The second kappa shape index (κ2) is 7.69. The SMILES string of the molecule is COc1ccc(C(=O)NNC(=O)c2ccc(-c3ccc(F)cc3F)o2)cc1. The van der Waals surface area contributed by atoms with E-state index in [-0.39, 0.29) is 17.1 Å². The van der Waals surface area contributed by atoms with E-state index >= 15 is 0 Å². The smallest absolute Gasteiger partial charge is 0.305 e. The fraction of sp³-hybridized carbons (Fsp3) is 0.0526. The number of methoxy groups -OCH3 is 1. The molecule has 0 fully saturated rings. The van der Waals surface area contributed by atoms with Gasteiger partial charge in [-0.05, 0) is 48.5 Å². The van der Waals surface area contributed by atoms with E-state index in [2.05, 4.69) is 10.9 Å². The van der Waals surface area contributed by atoms with Crippen molar-refractivity contribution in [1.29, 1.82) is 0 Å². The number of hydrogen-bond donors (Lipinski definition) is 2. The van der Waals surface area contributed by atoms with Crippen molar-refractivity contribution in [2.75, 3.05) is 7.11 Å². The van der Waals surface area contributed by atoms with Crippen LogP contribution in [-0.4, -0.2) is 18.9 Å². The molecule has 2 aromatic carbocycles. The van der Waals surface area contributed by atoms with Crippen molar-refractivity contribution in [1.82, 2.24) is 10.9 Å². The van der Waals surface area contributed by atoms with Gasteiger partial charge in [0.1, 0.15) is 23.1 Å². The minimum absolute atomic E-state index is 0.0118. The maximum Gasteiger partial charge on any atom is 0.305 e. The second-order valence-electron chi connectivity index (χ2n) is 5.42. The van der Waals surface area contributed by atoms with E-state index in [4.69, 9.17) is 9.15 Å². The quantitative estimate of drug-likeness (QED) is 0.689. The maximum absolute atomic E-state index is 13.8. The minimum Gasteiger partial charge on any atom is -0.497 e. The van der Waals surface area contributed by atoms with Gasteiger partial charge in [-0.25, -0.2) is 8.78 Å². The van der Waals surface area contributed by atoms with Crippen LogP contribution in [0, 0.1) is 11.6 Å². The Morgan fingerprint density at radius 2 is 1.63 bits per heavy atom. The average molecular weight is 372 g/mol. The van der Waals surface area contributed by atoms with Crippen molar-refractivity contribution >= 4 is 11.8 Å². The fourth-order valence-electron chi connectivity index (χ4n) is 2.28. The summed E-state index contributed by atoms with van der Waals surface area (Å²) in [5, 5.41) is 0. The number of furan rings is 1. The molecule has 0 aliphatic carbocycles. The van der Waals surface area contributed by atoms with Crippen LogP contribution in [0.5, 0.6) is 5.75 Å². The molecule has 0 spiro atoms. The van der Waals surface area contributed by atoms with Crippen LogP contribution < -0.4 is 15.6 Å². The first-order chi connectivity index (χ1) is 13.0. The molecule has 1 aromatic heterocycles. The summed E-state index contributed by atoms with van der Waals surface area (Å²) in [5.74, 6) is -2.31. The lowest BCUT2D eigenvalue weighted by Gasteiger charge is -2.06. The van der Waals surface area contributed by atoms with Crippen molar-refractivity contribution in [3.8, 4) is 17.1 Å². The van der Waals surface area contributed by atoms with Crippen LogP contribution in [0.2, 0.25) is 0 Å². The maximum atomic E-state index is 13.8. The van der Waals surface area contributed by atoms with E-state index in [0.717, 1.165) is 6.07 Å². The van der Waals surface area contributed by atoms with E-state index in [9.17, 15) is 18.4 Å². The molecule has 2 amide bonds. The summed E-state index contributed by atoms with van der Waals surface area (Å²) in [6, 6.07) is 12.0. The lowest BCUT2D eigenvalue weighted by molar-refractivity contribution is 0.0831. The van der Waals surface area contributed by atoms with Gasteiger partial charge in [0.05, 0.1) is 12.7 Å². The molecule has 0 unspecified atom stereocenters. The molecule has 0 aliphatic heterocycles. The lowest BCUT2D eigenvalue weighted by Crippen LogP contribution is -2.41. The molecule has 6 nitrogen and oxygen atoms in total. The number of benzene rings is 2. The molecule has 0 bridgehead atoms. The molecular weight excluding hydrogens is 358 g/mol. The molecule has 27 heavy (non-hydrogen) atoms. The molecule has 8 heteroatoms. The van der Waals surface area contributed by atoms with Gasteiger partial charge in [-0.1, -0.05) is 0 Å². The Hall–Kier alpha value is -3.68. The summed E-state index contributed by atoms with van der Waals surface area (Å²) in [5.41, 5.74) is 4.76. The van der Waals surface area contributed by atoms with Crippen LogP contribution in [0.25, 0.3) is 11.3 Å². The predicted molar refractivity (Wildman–Crippen MR) is 92.0 cm³/mol. The summed E-state index contributed by atoms with van der Waals surface area (Å²) in [6.07, 6.45) is 0. The van der Waals surface area contributed by atoms with Crippen LogP contribution in [-0.2, 0) is 0 Å². The van der Waals surface area contributed by atoms with Gasteiger partial charge in [0.25, 0.3) is 5.91 Å². The molecule has 3 aromatic rings. The molecule has 0 saturated carbocycles. The minimum atomic E-state index is -0.816. The van der Waals surface area contributed by atoms with Crippen molar-refractivity contribution in [2.24, 2.45) is 0 Å². The van der Waals surface area contributed by atoms with Crippen LogP contribution in [0.3, 0.4) is 0 Å². The number of amides is 2. The van der Waals surface area contributed by atoms with E-state index in [1.807, 2.05) is 0 Å². The molecule has 138 valence electrons. The van der Waals surface area contributed by atoms with Gasteiger partial charge in [-0.2, -0.15) is 0 Å². The van der Waals surface area contributed by atoms with E-state index in [0.29, 0.717) is 17.4 Å². The van der Waals surface area contributed by atoms with Crippen LogP contribution in [0.1, 0.15) is 20.9 Å². The fourth-order valence-corrected chi connectivity index (χ4v) is 2.28. The Kier molecular flexibility index (Phi) is 5.16. The third-order valence-electron chi connectivity index (χ3n) is 3.67. The van der Waals surface area contributed by atoms with Gasteiger partial charge in [0.2, 0.25) is 0 Å². The van der Waals surface area contributed by atoms with Gasteiger partial charge in [0, 0.05) is 11.6 Å². The van der Waals surface area contributed by atoms with Crippen LogP contribution in [0.4, 0.5) is 8.78 Å². The van der Waals surface area contributed by atoms with Crippen molar-refractivity contribution < 1.29 is 27.5 Å². The number of nitrogens with one attached hydrogen (secondary N) is 2. The monoisotopic (exact) mass is 372 g/mol. The van der Waals surface area contributed by atoms with Gasteiger partial charge in [-0.15, -0.1) is 0 Å². The number of hydrogen-bond acceptors (Lipinski definition) is 4. The zero-order chi connectivity index (χ0) is 19.4. The Labute approximate surface area is 152 Å². The Balaban J connectivity index is 1.64. The van der Waals surface area contributed by atoms with E-state index in [1.54, 1.807) is 12.1 Å².